The number of anilines is 2. The Bertz CT molecular complexity index is 1140. The first kappa shape index (κ1) is 19.5. The van der Waals surface area contributed by atoms with Crippen LogP contribution in [0.15, 0.2) is 72.8 Å². The van der Waals surface area contributed by atoms with Gasteiger partial charge in [0.2, 0.25) is 5.91 Å². The van der Waals surface area contributed by atoms with Crippen molar-refractivity contribution in [2.45, 2.75) is 32.9 Å². The summed E-state index contributed by atoms with van der Waals surface area (Å²) in [6, 6.07) is 23.0. The standard InChI is InChI=1S/C26H24N2O3/c1-16-14-17(2)22(18(3)15-16)27-25(29)21-23(19-10-6-4-7-11-19)28(31-24(21)26(27)30)20-12-8-5-9-13-20/h4-15,21,23-24H,1-3H3/t21-,23-,24+/m0/s1. The summed E-state index contributed by atoms with van der Waals surface area (Å²) in [6.07, 6.45) is -0.849. The van der Waals surface area contributed by atoms with Crippen molar-refractivity contribution in [1.82, 2.24) is 0 Å². The Morgan fingerprint density at radius 2 is 1.35 bits per heavy atom. The Kier molecular flexibility index (Phi) is 4.63. The van der Waals surface area contributed by atoms with Crippen LogP contribution in [0.3, 0.4) is 0 Å². The van der Waals surface area contributed by atoms with Crippen LogP contribution in [0.5, 0.6) is 0 Å². The molecular formula is C26H24N2O3. The summed E-state index contributed by atoms with van der Waals surface area (Å²) in [5.74, 6) is -1.13. The van der Waals surface area contributed by atoms with Crippen LogP contribution in [0.1, 0.15) is 28.3 Å². The van der Waals surface area contributed by atoms with Gasteiger partial charge < -0.3 is 0 Å². The van der Waals surface area contributed by atoms with Crippen LogP contribution in [-0.2, 0) is 14.4 Å². The van der Waals surface area contributed by atoms with E-state index < -0.39 is 12.0 Å². The molecule has 0 bridgehead atoms. The highest BCUT2D eigenvalue weighted by Gasteiger charge is 2.60. The highest BCUT2D eigenvalue weighted by molar-refractivity contribution is 6.24. The molecule has 5 heteroatoms. The number of rotatable bonds is 3. The van der Waals surface area contributed by atoms with E-state index in [0.717, 1.165) is 27.9 Å². The summed E-state index contributed by atoms with van der Waals surface area (Å²) in [5, 5.41) is 1.73. The summed E-state index contributed by atoms with van der Waals surface area (Å²) in [4.78, 5) is 34.8. The average molecular weight is 412 g/mol. The summed E-state index contributed by atoms with van der Waals surface area (Å²) in [7, 11) is 0. The van der Waals surface area contributed by atoms with Crippen molar-refractivity contribution in [2.24, 2.45) is 5.92 Å². The largest absolute Gasteiger partial charge is 0.273 e. The maximum atomic E-state index is 13.7. The minimum atomic E-state index is -0.849. The molecule has 3 atom stereocenters. The first-order chi connectivity index (χ1) is 15.0. The van der Waals surface area contributed by atoms with Crippen LogP contribution < -0.4 is 9.96 Å². The number of hydroxylamine groups is 1. The van der Waals surface area contributed by atoms with Crippen molar-refractivity contribution >= 4 is 23.2 Å². The number of benzene rings is 3. The maximum Gasteiger partial charge on any atom is 0.266 e. The van der Waals surface area contributed by atoms with E-state index in [9.17, 15) is 9.59 Å². The van der Waals surface area contributed by atoms with Gasteiger partial charge in [-0.05, 0) is 49.6 Å². The van der Waals surface area contributed by atoms with Crippen LogP contribution in [0.4, 0.5) is 11.4 Å². The van der Waals surface area contributed by atoms with Crippen molar-refractivity contribution in [3.05, 3.63) is 95.1 Å². The van der Waals surface area contributed by atoms with E-state index in [-0.39, 0.29) is 17.9 Å². The molecule has 0 N–H and O–H groups in total. The zero-order valence-corrected chi connectivity index (χ0v) is 17.8. The first-order valence-electron chi connectivity index (χ1n) is 10.5. The molecule has 2 amide bonds. The third-order valence-corrected chi connectivity index (χ3v) is 6.13. The Balaban J connectivity index is 1.61. The molecular weight excluding hydrogens is 388 g/mol. The number of amides is 2. The van der Waals surface area contributed by atoms with E-state index in [2.05, 4.69) is 0 Å². The van der Waals surface area contributed by atoms with Crippen molar-refractivity contribution in [1.29, 1.82) is 0 Å². The lowest BCUT2D eigenvalue weighted by Gasteiger charge is -2.29. The van der Waals surface area contributed by atoms with E-state index in [4.69, 9.17) is 4.84 Å². The van der Waals surface area contributed by atoms with Crippen molar-refractivity contribution in [2.75, 3.05) is 9.96 Å². The molecule has 2 fully saturated rings. The fraction of sp³-hybridized carbons (Fsp3) is 0.231. The number of imide groups is 1. The molecule has 0 aromatic heterocycles. The van der Waals surface area contributed by atoms with E-state index in [1.165, 1.54) is 4.90 Å². The molecule has 2 heterocycles. The number of aryl methyl sites for hydroxylation is 3. The third kappa shape index (κ3) is 3.04. The van der Waals surface area contributed by atoms with Gasteiger partial charge in [0.25, 0.3) is 5.91 Å². The normalized spacial score (nSPS) is 22.9. The summed E-state index contributed by atoms with van der Waals surface area (Å²) in [6.45, 7) is 5.89. The van der Waals surface area contributed by atoms with Crippen LogP contribution in [0.25, 0.3) is 0 Å². The number of carbonyl (C=O) groups excluding carboxylic acids is 2. The molecule has 0 aliphatic carbocycles. The lowest BCUT2D eigenvalue weighted by atomic mass is 9.90. The smallest absolute Gasteiger partial charge is 0.266 e. The number of fused-ring (bicyclic) bond motifs is 1. The minimum Gasteiger partial charge on any atom is -0.273 e. The van der Waals surface area contributed by atoms with Crippen LogP contribution in [0.2, 0.25) is 0 Å². The van der Waals surface area contributed by atoms with Gasteiger partial charge in [-0.25, -0.2) is 9.96 Å². The molecule has 0 saturated carbocycles. The lowest BCUT2D eigenvalue weighted by Crippen LogP contribution is -2.38. The quantitative estimate of drug-likeness (QED) is 0.587. The number of hydrogen-bond donors (Lipinski definition) is 0. The summed E-state index contributed by atoms with van der Waals surface area (Å²) in [5.41, 5.74) is 5.37. The van der Waals surface area contributed by atoms with Gasteiger partial charge in [0, 0.05) is 0 Å². The molecule has 2 aliphatic rings. The average Bonchev–Trinajstić information content (AvgIpc) is 3.26. The second-order valence-electron chi connectivity index (χ2n) is 8.33. The van der Waals surface area contributed by atoms with Crippen molar-refractivity contribution in [3.63, 3.8) is 0 Å². The molecule has 31 heavy (non-hydrogen) atoms. The van der Waals surface area contributed by atoms with E-state index in [1.807, 2.05) is 93.6 Å². The Morgan fingerprint density at radius 1 is 0.774 bits per heavy atom. The van der Waals surface area contributed by atoms with Gasteiger partial charge in [0.15, 0.2) is 6.10 Å². The fourth-order valence-electron chi connectivity index (χ4n) is 4.95. The third-order valence-electron chi connectivity index (χ3n) is 6.13. The number of hydrogen-bond acceptors (Lipinski definition) is 4. The summed E-state index contributed by atoms with van der Waals surface area (Å²) >= 11 is 0. The molecule has 0 radical (unpaired) electrons. The van der Waals surface area contributed by atoms with Crippen LogP contribution in [-0.4, -0.2) is 17.9 Å². The molecule has 2 aliphatic heterocycles. The Labute approximate surface area is 181 Å². The van der Waals surface area contributed by atoms with Gasteiger partial charge in [-0.15, -0.1) is 0 Å². The van der Waals surface area contributed by atoms with Gasteiger partial charge in [-0.3, -0.25) is 14.4 Å². The van der Waals surface area contributed by atoms with Gasteiger partial charge in [0.1, 0.15) is 5.92 Å². The molecule has 5 rings (SSSR count). The molecule has 156 valence electrons. The maximum absolute atomic E-state index is 13.7. The Hall–Kier alpha value is -3.44. The number of carbonyl (C=O) groups is 2. The zero-order chi connectivity index (χ0) is 21.7. The van der Waals surface area contributed by atoms with Crippen molar-refractivity contribution < 1.29 is 14.4 Å². The molecule has 5 nitrogen and oxygen atoms in total. The summed E-state index contributed by atoms with van der Waals surface area (Å²) < 4.78 is 0. The van der Waals surface area contributed by atoms with Crippen molar-refractivity contribution in [3.8, 4) is 0 Å². The molecule has 3 aromatic rings. The molecule has 0 unspecified atom stereocenters. The number of para-hydroxylation sites is 1. The zero-order valence-electron chi connectivity index (χ0n) is 17.8. The molecule has 2 saturated heterocycles. The molecule has 3 aromatic carbocycles. The van der Waals surface area contributed by atoms with Crippen LogP contribution in [0, 0.1) is 26.7 Å². The topological polar surface area (TPSA) is 49.9 Å². The van der Waals surface area contributed by atoms with E-state index in [0.29, 0.717) is 5.69 Å². The molecule has 0 spiro atoms. The monoisotopic (exact) mass is 412 g/mol. The fourth-order valence-corrected chi connectivity index (χ4v) is 4.95. The second-order valence-corrected chi connectivity index (χ2v) is 8.33. The van der Waals surface area contributed by atoms with Gasteiger partial charge in [-0.2, -0.15) is 0 Å². The Morgan fingerprint density at radius 3 is 1.97 bits per heavy atom. The lowest BCUT2D eigenvalue weighted by molar-refractivity contribution is -0.126. The minimum absolute atomic E-state index is 0.211. The highest BCUT2D eigenvalue weighted by Crippen LogP contribution is 2.48. The van der Waals surface area contributed by atoms with E-state index in [1.54, 1.807) is 5.06 Å². The first-order valence-corrected chi connectivity index (χ1v) is 10.5. The predicted octanol–water partition coefficient (Wildman–Crippen LogP) is 4.66. The predicted molar refractivity (Wildman–Crippen MR) is 120 cm³/mol. The van der Waals surface area contributed by atoms with Crippen LogP contribution >= 0.6 is 0 Å². The number of nitrogens with zero attached hydrogens (tertiary/aromatic N) is 2. The van der Waals surface area contributed by atoms with Gasteiger partial charge in [-0.1, -0.05) is 66.2 Å². The highest BCUT2D eigenvalue weighted by atomic mass is 16.7. The SMILES string of the molecule is Cc1cc(C)c(N2C(=O)[C@@H]3[C@@H](ON(c4ccccc4)[C@H]3c3ccccc3)C2=O)c(C)c1. The van der Waals surface area contributed by atoms with Gasteiger partial charge >= 0.3 is 0 Å². The second kappa shape index (κ2) is 7.36. The van der Waals surface area contributed by atoms with Gasteiger partial charge in [0.05, 0.1) is 17.4 Å². The van der Waals surface area contributed by atoms with E-state index >= 15 is 0 Å².